The minimum absolute atomic E-state index is 0.454. The van der Waals surface area contributed by atoms with Crippen LogP contribution in [0.25, 0.3) is 0 Å². The number of hydrogen-bond acceptors (Lipinski definition) is 2. The first-order chi connectivity index (χ1) is 4.97. The van der Waals surface area contributed by atoms with E-state index < -0.39 is 0 Å². The molecule has 1 unspecified atom stereocenters. The average molecular weight is 137 g/mol. The maximum Gasteiger partial charge on any atom is 0.101 e. The molecule has 1 atom stereocenters. The molecule has 3 nitrogen and oxygen atoms in total. The standard InChI is InChI=1S/C7H11N3/c1-3-7(8-4-1)10-6-2-5-9-10/h2,5-8H,1,3-4H2. The van der Waals surface area contributed by atoms with Crippen molar-refractivity contribution in [1.29, 1.82) is 0 Å². The fourth-order valence-electron chi connectivity index (χ4n) is 1.36. The highest BCUT2D eigenvalue weighted by Gasteiger charge is 2.14. The minimum Gasteiger partial charge on any atom is -0.296 e. The summed E-state index contributed by atoms with van der Waals surface area (Å²) in [5.41, 5.74) is 0. The summed E-state index contributed by atoms with van der Waals surface area (Å²) >= 11 is 0. The molecule has 1 N–H and O–H groups in total. The Morgan fingerprint density at radius 1 is 1.60 bits per heavy atom. The van der Waals surface area contributed by atoms with E-state index in [4.69, 9.17) is 0 Å². The first-order valence-electron chi connectivity index (χ1n) is 3.69. The van der Waals surface area contributed by atoms with Crippen molar-refractivity contribution in [2.45, 2.75) is 19.0 Å². The van der Waals surface area contributed by atoms with Crippen molar-refractivity contribution in [3.8, 4) is 0 Å². The van der Waals surface area contributed by atoms with Gasteiger partial charge >= 0.3 is 0 Å². The molecule has 1 aromatic rings. The van der Waals surface area contributed by atoms with Crippen LogP contribution in [0.1, 0.15) is 19.0 Å². The first kappa shape index (κ1) is 5.92. The summed E-state index contributed by atoms with van der Waals surface area (Å²) in [6, 6.07) is 1.96. The maximum absolute atomic E-state index is 4.15. The summed E-state index contributed by atoms with van der Waals surface area (Å²) in [7, 11) is 0. The van der Waals surface area contributed by atoms with Crippen molar-refractivity contribution in [2.75, 3.05) is 6.54 Å². The van der Waals surface area contributed by atoms with Gasteiger partial charge < -0.3 is 0 Å². The minimum atomic E-state index is 0.454. The zero-order valence-corrected chi connectivity index (χ0v) is 5.83. The van der Waals surface area contributed by atoms with Crippen LogP contribution in [0.2, 0.25) is 0 Å². The first-order valence-corrected chi connectivity index (χ1v) is 3.69. The third kappa shape index (κ3) is 0.926. The molecule has 0 spiro atoms. The van der Waals surface area contributed by atoms with Gasteiger partial charge in [-0.2, -0.15) is 5.10 Å². The van der Waals surface area contributed by atoms with Gasteiger partial charge in [-0.25, -0.2) is 0 Å². The van der Waals surface area contributed by atoms with Crippen LogP contribution in [-0.2, 0) is 0 Å². The van der Waals surface area contributed by atoms with Gasteiger partial charge in [0.2, 0.25) is 0 Å². The van der Waals surface area contributed by atoms with Gasteiger partial charge in [-0.3, -0.25) is 10.00 Å². The summed E-state index contributed by atoms with van der Waals surface area (Å²) in [6.45, 7) is 1.13. The second-order valence-electron chi connectivity index (χ2n) is 2.60. The van der Waals surface area contributed by atoms with E-state index >= 15 is 0 Å². The van der Waals surface area contributed by atoms with Gasteiger partial charge in [-0.1, -0.05) is 0 Å². The molecule has 1 aliphatic rings. The van der Waals surface area contributed by atoms with Gasteiger partial charge in [0.15, 0.2) is 0 Å². The van der Waals surface area contributed by atoms with Crippen LogP contribution in [0.4, 0.5) is 0 Å². The van der Waals surface area contributed by atoms with Crippen molar-refractivity contribution in [3.05, 3.63) is 18.5 Å². The lowest BCUT2D eigenvalue weighted by Crippen LogP contribution is -2.19. The largest absolute Gasteiger partial charge is 0.296 e. The Morgan fingerprint density at radius 3 is 3.20 bits per heavy atom. The fraction of sp³-hybridized carbons (Fsp3) is 0.571. The number of nitrogens with zero attached hydrogens (tertiary/aromatic N) is 2. The predicted molar refractivity (Wildman–Crippen MR) is 38.5 cm³/mol. The lowest BCUT2D eigenvalue weighted by Gasteiger charge is -2.09. The molecule has 2 rings (SSSR count). The van der Waals surface area contributed by atoms with E-state index in [1.54, 1.807) is 0 Å². The summed E-state index contributed by atoms with van der Waals surface area (Å²) in [5.74, 6) is 0. The number of hydrogen-bond donors (Lipinski definition) is 1. The zero-order valence-electron chi connectivity index (χ0n) is 5.83. The molecule has 1 aromatic heterocycles. The molecule has 0 bridgehead atoms. The van der Waals surface area contributed by atoms with E-state index in [2.05, 4.69) is 10.4 Å². The molecule has 0 amide bonds. The summed E-state index contributed by atoms with van der Waals surface area (Å²) in [5, 5.41) is 7.51. The van der Waals surface area contributed by atoms with Crippen LogP contribution in [0.15, 0.2) is 18.5 Å². The highest BCUT2D eigenvalue weighted by Crippen LogP contribution is 2.13. The Morgan fingerprint density at radius 2 is 2.60 bits per heavy atom. The van der Waals surface area contributed by atoms with Crippen LogP contribution in [0, 0.1) is 0 Å². The zero-order chi connectivity index (χ0) is 6.81. The molecule has 1 saturated heterocycles. The van der Waals surface area contributed by atoms with Gasteiger partial charge in [0.05, 0.1) is 0 Å². The fourth-order valence-corrected chi connectivity index (χ4v) is 1.36. The normalized spacial score (nSPS) is 25.4. The average Bonchev–Trinajstić information content (AvgIpc) is 2.59. The lowest BCUT2D eigenvalue weighted by molar-refractivity contribution is 0.425. The van der Waals surface area contributed by atoms with Crippen molar-refractivity contribution in [2.24, 2.45) is 0 Å². The molecule has 0 radical (unpaired) electrons. The molecule has 54 valence electrons. The van der Waals surface area contributed by atoms with Gasteiger partial charge in [0.1, 0.15) is 6.17 Å². The second-order valence-corrected chi connectivity index (χ2v) is 2.60. The van der Waals surface area contributed by atoms with Crippen LogP contribution in [0.5, 0.6) is 0 Å². The predicted octanol–water partition coefficient (Wildman–Crippen LogP) is 0.765. The number of rotatable bonds is 1. The molecule has 2 heterocycles. The molecule has 0 saturated carbocycles. The molecule has 3 heteroatoms. The number of nitrogens with one attached hydrogen (secondary N) is 1. The van der Waals surface area contributed by atoms with Crippen LogP contribution in [0.3, 0.4) is 0 Å². The van der Waals surface area contributed by atoms with E-state index in [-0.39, 0.29) is 0 Å². The monoisotopic (exact) mass is 137 g/mol. The van der Waals surface area contributed by atoms with Crippen LogP contribution in [-0.4, -0.2) is 16.3 Å². The Kier molecular flexibility index (Phi) is 1.43. The molecule has 1 aliphatic heterocycles. The van der Waals surface area contributed by atoms with Gasteiger partial charge in [-0.15, -0.1) is 0 Å². The number of aromatic nitrogens is 2. The summed E-state index contributed by atoms with van der Waals surface area (Å²) < 4.78 is 1.98. The van der Waals surface area contributed by atoms with Crippen molar-refractivity contribution >= 4 is 0 Å². The van der Waals surface area contributed by atoms with Gasteiger partial charge in [-0.05, 0) is 25.5 Å². The van der Waals surface area contributed by atoms with Gasteiger partial charge in [0.25, 0.3) is 0 Å². The SMILES string of the molecule is c1cnn(C2CCCN2)c1. The third-order valence-electron chi connectivity index (χ3n) is 1.88. The topological polar surface area (TPSA) is 29.9 Å². The molecule has 0 aromatic carbocycles. The van der Waals surface area contributed by atoms with Crippen molar-refractivity contribution in [1.82, 2.24) is 15.1 Å². The van der Waals surface area contributed by atoms with Crippen molar-refractivity contribution in [3.63, 3.8) is 0 Å². The Bertz CT molecular complexity index is 187. The third-order valence-corrected chi connectivity index (χ3v) is 1.88. The van der Waals surface area contributed by atoms with Crippen molar-refractivity contribution < 1.29 is 0 Å². The highest BCUT2D eigenvalue weighted by molar-refractivity contribution is 4.82. The van der Waals surface area contributed by atoms with E-state index in [0.29, 0.717) is 6.17 Å². The Labute approximate surface area is 60.0 Å². The van der Waals surface area contributed by atoms with Gasteiger partial charge in [0, 0.05) is 12.4 Å². The Balaban J connectivity index is 2.12. The summed E-state index contributed by atoms with van der Waals surface area (Å²) in [4.78, 5) is 0. The Hall–Kier alpha value is -0.830. The summed E-state index contributed by atoms with van der Waals surface area (Å²) in [6.07, 6.45) is 6.75. The molecular formula is C7H11N3. The van der Waals surface area contributed by atoms with E-state index in [1.165, 1.54) is 12.8 Å². The lowest BCUT2D eigenvalue weighted by atomic mass is 10.3. The van der Waals surface area contributed by atoms with E-state index in [0.717, 1.165) is 6.54 Å². The maximum atomic E-state index is 4.15. The molecule has 10 heavy (non-hydrogen) atoms. The van der Waals surface area contributed by atoms with E-state index in [1.807, 2.05) is 23.1 Å². The van der Waals surface area contributed by atoms with Crippen LogP contribution >= 0.6 is 0 Å². The smallest absolute Gasteiger partial charge is 0.101 e. The molecular weight excluding hydrogens is 126 g/mol. The quantitative estimate of drug-likeness (QED) is 0.619. The molecule has 0 aliphatic carbocycles. The highest BCUT2D eigenvalue weighted by atomic mass is 15.4. The molecule has 1 fully saturated rings. The second kappa shape index (κ2) is 2.42. The van der Waals surface area contributed by atoms with Crippen LogP contribution < -0.4 is 5.32 Å². The van der Waals surface area contributed by atoms with E-state index in [9.17, 15) is 0 Å².